The normalized spacial score (nSPS) is 18.7. The molecule has 0 saturated heterocycles. The van der Waals surface area contributed by atoms with E-state index in [1.807, 2.05) is 12.1 Å². The van der Waals surface area contributed by atoms with Gasteiger partial charge in [-0.1, -0.05) is 0 Å². The van der Waals surface area contributed by atoms with Crippen LogP contribution in [0.3, 0.4) is 0 Å². The van der Waals surface area contributed by atoms with Crippen LogP contribution in [-0.2, 0) is 5.41 Å². The second-order valence-electron chi connectivity index (χ2n) is 3.21. The minimum absolute atomic E-state index is 0.0275. The monoisotopic (exact) mass is 179 g/mol. The lowest BCUT2D eigenvalue weighted by Crippen LogP contribution is -2.09. The maximum Gasteiger partial charge on any atom is 0.110 e. The van der Waals surface area contributed by atoms with Crippen molar-refractivity contribution in [2.45, 2.75) is 18.3 Å². The van der Waals surface area contributed by atoms with Crippen LogP contribution >= 0.6 is 11.3 Å². The lowest BCUT2D eigenvalue weighted by molar-refractivity contribution is 0.257. The Balaban J connectivity index is 2.30. The topological polar surface area (TPSA) is 44.0 Å². The van der Waals surface area contributed by atoms with Gasteiger partial charge in [0.15, 0.2) is 0 Å². The number of hydrogen-bond acceptors (Lipinski definition) is 3. The average Bonchev–Trinajstić information content (AvgIpc) is 2.77. The molecule has 0 aliphatic heterocycles. The highest BCUT2D eigenvalue weighted by Crippen LogP contribution is 2.49. The second-order valence-corrected chi connectivity index (χ2v) is 4.30. The van der Waals surface area contributed by atoms with Crippen LogP contribution in [0.1, 0.15) is 22.6 Å². The van der Waals surface area contributed by atoms with Crippen LogP contribution in [0.25, 0.3) is 0 Å². The lowest BCUT2D eigenvalue weighted by atomic mass is 10.1. The molecule has 0 spiro atoms. The van der Waals surface area contributed by atoms with Crippen LogP contribution in [0.2, 0.25) is 0 Å². The van der Waals surface area contributed by atoms with Gasteiger partial charge in [0.25, 0.3) is 0 Å². The molecule has 0 amide bonds. The van der Waals surface area contributed by atoms with E-state index in [-0.39, 0.29) is 12.0 Å². The molecule has 1 heterocycles. The van der Waals surface area contributed by atoms with Crippen LogP contribution in [-0.4, -0.2) is 11.7 Å². The van der Waals surface area contributed by atoms with Crippen LogP contribution in [0.15, 0.2) is 12.1 Å². The van der Waals surface area contributed by atoms with Gasteiger partial charge in [0.2, 0.25) is 0 Å². The zero-order valence-corrected chi connectivity index (χ0v) is 7.40. The molecular formula is C9H9NOS. The molecule has 1 aliphatic rings. The fourth-order valence-corrected chi connectivity index (χ4v) is 2.36. The zero-order chi connectivity index (χ0) is 8.60. The highest BCUT2D eigenvalue weighted by atomic mass is 32.1. The molecule has 3 heteroatoms. The Morgan fingerprint density at radius 3 is 2.75 bits per heavy atom. The van der Waals surface area contributed by atoms with Crippen LogP contribution < -0.4 is 0 Å². The third-order valence-corrected chi connectivity index (χ3v) is 3.63. The predicted molar refractivity (Wildman–Crippen MR) is 47.0 cm³/mol. The van der Waals surface area contributed by atoms with Crippen molar-refractivity contribution in [2.75, 3.05) is 6.61 Å². The summed E-state index contributed by atoms with van der Waals surface area (Å²) < 4.78 is 0. The SMILES string of the molecule is N#Cc1ccc(C2(CO)CC2)s1. The first-order valence-electron chi connectivity index (χ1n) is 3.92. The number of aliphatic hydroxyl groups is 1. The van der Waals surface area contributed by atoms with E-state index >= 15 is 0 Å². The van der Waals surface area contributed by atoms with Crippen molar-refractivity contribution in [3.05, 3.63) is 21.9 Å². The van der Waals surface area contributed by atoms with Gasteiger partial charge in [0.05, 0.1) is 6.61 Å². The Hall–Kier alpha value is -0.850. The molecule has 1 fully saturated rings. The summed E-state index contributed by atoms with van der Waals surface area (Å²) in [6.07, 6.45) is 2.13. The molecule has 0 bridgehead atoms. The Morgan fingerprint density at radius 1 is 1.58 bits per heavy atom. The average molecular weight is 179 g/mol. The maximum absolute atomic E-state index is 9.12. The van der Waals surface area contributed by atoms with Crippen LogP contribution in [0, 0.1) is 11.3 Å². The molecule has 12 heavy (non-hydrogen) atoms. The van der Waals surface area contributed by atoms with Gasteiger partial charge < -0.3 is 5.11 Å². The Kier molecular flexibility index (Phi) is 1.67. The Bertz CT molecular complexity index is 333. The van der Waals surface area contributed by atoms with E-state index in [9.17, 15) is 0 Å². The van der Waals surface area contributed by atoms with E-state index in [1.54, 1.807) is 0 Å². The van der Waals surface area contributed by atoms with Crippen LogP contribution in [0.5, 0.6) is 0 Å². The van der Waals surface area contributed by atoms with Crippen molar-refractivity contribution in [1.29, 1.82) is 5.26 Å². The molecule has 1 saturated carbocycles. The minimum Gasteiger partial charge on any atom is -0.395 e. The van der Waals surface area contributed by atoms with Crippen molar-refractivity contribution in [3.63, 3.8) is 0 Å². The molecule has 0 aromatic carbocycles. The fourth-order valence-electron chi connectivity index (χ4n) is 1.32. The third kappa shape index (κ3) is 1.04. The third-order valence-electron chi connectivity index (χ3n) is 2.40. The van der Waals surface area contributed by atoms with E-state index in [4.69, 9.17) is 10.4 Å². The summed E-state index contributed by atoms with van der Waals surface area (Å²) in [6, 6.07) is 5.90. The highest BCUT2D eigenvalue weighted by Gasteiger charge is 2.44. The van der Waals surface area contributed by atoms with Gasteiger partial charge in [-0.2, -0.15) is 5.26 Å². The standard InChI is InChI=1S/C9H9NOS/c10-5-7-1-2-8(12-7)9(6-11)3-4-9/h1-2,11H,3-4,6H2. The lowest BCUT2D eigenvalue weighted by Gasteiger charge is -2.06. The first-order valence-corrected chi connectivity index (χ1v) is 4.74. The Morgan fingerprint density at radius 2 is 2.33 bits per heavy atom. The predicted octanol–water partition coefficient (Wildman–Crippen LogP) is 1.64. The molecule has 0 radical (unpaired) electrons. The second kappa shape index (κ2) is 2.58. The van der Waals surface area contributed by atoms with E-state index in [2.05, 4.69) is 6.07 Å². The zero-order valence-electron chi connectivity index (χ0n) is 6.58. The van der Waals surface area contributed by atoms with Gasteiger partial charge in [-0.3, -0.25) is 0 Å². The molecule has 1 aromatic heterocycles. The molecular weight excluding hydrogens is 170 g/mol. The molecule has 1 aliphatic carbocycles. The molecule has 2 nitrogen and oxygen atoms in total. The summed E-state index contributed by atoms with van der Waals surface area (Å²) in [4.78, 5) is 1.91. The van der Waals surface area contributed by atoms with Crippen LogP contribution in [0.4, 0.5) is 0 Å². The number of nitrogens with zero attached hydrogens (tertiary/aromatic N) is 1. The Labute approximate surface area is 75.1 Å². The molecule has 2 rings (SSSR count). The molecule has 62 valence electrons. The first-order chi connectivity index (χ1) is 5.80. The smallest absolute Gasteiger partial charge is 0.110 e. The summed E-state index contributed by atoms with van der Waals surface area (Å²) >= 11 is 1.51. The molecule has 1 aromatic rings. The summed E-state index contributed by atoms with van der Waals surface area (Å²) in [5.41, 5.74) is 0.0275. The van der Waals surface area contributed by atoms with Gasteiger partial charge >= 0.3 is 0 Å². The van der Waals surface area contributed by atoms with E-state index in [0.717, 1.165) is 17.7 Å². The number of nitriles is 1. The van der Waals surface area contributed by atoms with Gasteiger partial charge in [0, 0.05) is 10.3 Å². The van der Waals surface area contributed by atoms with Crippen molar-refractivity contribution in [1.82, 2.24) is 0 Å². The van der Waals surface area contributed by atoms with E-state index < -0.39 is 0 Å². The number of thiophene rings is 1. The van der Waals surface area contributed by atoms with E-state index in [0.29, 0.717) is 0 Å². The van der Waals surface area contributed by atoms with E-state index in [1.165, 1.54) is 16.2 Å². The van der Waals surface area contributed by atoms with Gasteiger partial charge in [0.1, 0.15) is 10.9 Å². The van der Waals surface area contributed by atoms with Crippen molar-refractivity contribution in [2.24, 2.45) is 0 Å². The number of aliphatic hydroxyl groups excluding tert-OH is 1. The van der Waals surface area contributed by atoms with Crippen molar-refractivity contribution >= 4 is 11.3 Å². The summed E-state index contributed by atoms with van der Waals surface area (Å²) in [5.74, 6) is 0. The van der Waals surface area contributed by atoms with Gasteiger partial charge in [-0.15, -0.1) is 11.3 Å². The quantitative estimate of drug-likeness (QED) is 0.750. The maximum atomic E-state index is 9.12. The first kappa shape index (κ1) is 7.78. The van der Waals surface area contributed by atoms with Crippen molar-refractivity contribution in [3.8, 4) is 6.07 Å². The summed E-state index contributed by atoms with van der Waals surface area (Å²) in [5, 5.41) is 17.7. The number of hydrogen-bond donors (Lipinski definition) is 1. The van der Waals surface area contributed by atoms with Gasteiger partial charge in [-0.05, 0) is 25.0 Å². The fraction of sp³-hybridized carbons (Fsp3) is 0.444. The van der Waals surface area contributed by atoms with Crippen molar-refractivity contribution < 1.29 is 5.11 Å². The summed E-state index contributed by atoms with van der Waals surface area (Å²) in [7, 11) is 0. The molecule has 0 atom stereocenters. The highest BCUT2D eigenvalue weighted by molar-refractivity contribution is 7.12. The molecule has 1 N–H and O–H groups in total. The minimum atomic E-state index is 0.0275. The number of rotatable bonds is 2. The largest absolute Gasteiger partial charge is 0.395 e. The van der Waals surface area contributed by atoms with Gasteiger partial charge in [-0.25, -0.2) is 0 Å². The molecule has 0 unspecified atom stereocenters. The summed E-state index contributed by atoms with van der Waals surface area (Å²) in [6.45, 7) is 0.221.